The van der Waals surface area contributed by atoms with E-state index in [1.165, 1.54) is 24.3 Å². The molecule has 0 aliphatic heterocycles. The second kappa shape index (κ2) is 8.21. The van der Waals surface area contributed by atoms with Gasteiger partial charge < -0.3 is 9.47 Å². The largest absolute Gasteiger partial charge is 0.450 e. The van der Waals surface area contributed by atoms with E-state index < -0.39 is 46.2 Å². The molecule has 1 aromatic carbocycles. The van der Waals surface area contributed by atoms with Gasteiger partial charge in [0.05, 0.1) is 13.4 Å². The maximum Gasteiger partial charge on any atom is 0.432 e. The minimum absolute atomic E-state index is 0.119. The highest BCUT2D eigenvalue weighted by Crippen LogP contribution is 2.38. The summed E-state index contributed by atoms with van der Waals surface area (Å²) in [7, 11) is -1.21. The lowest BCUT2D eigenvalue weighted by molar-refractivity contribution is -0.259. The molecule has 0 spiro atoms. The molecule has 1 N–H and O–H groups in total. The highest BCUT2D eigenvalue weighted by Gasteiger charge is 2.66. The van der Waals surface area contributed by atoms with Crippen molar-refractivity contribution in [3.63, 3.8) is 0 Å². The Kier molecular flexibility index (Phi) is 6.94. The van der Waals surface area contributed by atoms with E-state index in [1.807, 2.05) is 0 Å². The first-order chi connectivity index (χ1) is 12.2. The van der Waals surface area contributed by atoms with E-state index in [9.17, 15) is 40.0 Å². The van der Waals surface area contributed by atoms with Gasteiger partial charge in [-0.1, -0.05) is 24.5 Å². The van der Waals surface area contributed by atoms with E-state index in [-0.39, 0.29) is 17.4 Å². The Morgan fingerprint density at radius 2 is 1.70 bits per heavy atom. The third-order valence-corrected chi connectivity index (χ3v) is 3.88. The average Bonchev–Trinajstić information content (AvgIpc) is 2.55. The predicted octanol–water partition coefficient (Wildman–Crippen LogP) is 1.47. The van der Waals surface area contributed by atoms with E-state index in [2.05, 4.69) is 9.47 Å². The molecule has 0 fully saturated rings. The minimum atomic E-state index is -6.57. The van der Waals surface area contributed by atoms with E-state index in [0.717, 1.165) is 0 Å². The lowest BCUT2D eigenvalue weighted by Gasteiger charge is -2.25. The third kappa shape index (κ3) is 5.63. The second-order valence-electron chi connectivity index (χ2n) is 4.89. The number of esters is 2. The van der Waals surface area contributed by atoms with Crippen molar-refractivity contribution in [2.45, 2.75) is 23.9 Å². The fourth-order valence-corrected chi connectivity index (χ4v) is 2.18. The Morgan fingerprint density at radius 3 is 2.19 bits per heavy atom. The smallest absolute Gasteiger partial charge is 0.432 e. The molecule has 0 bridgehead atoms. The highest BCUT2D eigenvalue weighted by molar-refractivity contribution is 7.86. The van der Waals surface area contributed by atoms with Gasteiger partial charge in [0, 0.05) is 0 Å². The van der Waals surface area contributed by atoms with Crippen LogP contribution in [0.1, 0.15) is 15.9 Å². The van der Waals surface area contributed by atoms with Gasteiger partial charge in [-0.15, -0.1) is 0 Å². The predicted molar refractivity (Wildman–Crippen MR) is 78.6 cm³/mol. The molecule has 14 heteroatoms. The van der Waals surface area contributed by atoms with E-state index in [0.29, 0.717) is 0 Å². The van der Waals surface area contributed by atoms with Crippen LogP contribution in [0.3, 0.4) is 0 Å². The van der Waals surface area contributed by atoms with Gasteiger partial charge in [-0.25, -0.2) is 9.59 Å². The van der Waals surface area contributed by atoms with Gasteiger partial charge in [0.25, 0.3) is 6.10 Å². The van der Waals surface area contributed by atoms with Gasteiger partial charge in [0.2, 0.25) is 0 Å². The van der Waals surface area contributed by atoms with E-state index in [1.54, 1.807) is 0 Å². The molecule has 0 amide bonds. The van der Waals surface area contributed by atoms with Crippen molar-refractivity contribution in [3.8, 4) is 0 Å². The van der Waals surface area contributed by atoms with Crippen molar-refractivity contribution >= 4 is 29.9 Å². The summed E-state index contributed by atoms with van der Waals surface area (Å²) < 4.78 is 101. The standard InChI is InChI=1S/C13H10BF5O7S/c14-5-7-3-1-2-4-8(7)10(21)25-6-9(20)26-11(12(15,16)17)13(18,19)27(22,23)24/h1-4,11H,5-6H2,(H,22,23,24). The molecule has 148 valence electrons. The number of hydrogen-bond donors (Lipinski definition) is 1. The average molecular weight is 416 g/mol. The molecular formula is C13H10BF5O7S. The van der Waals surface area contributed by atoms with E-state index >= 15 is 0 Å². The van der Waals surface area contributed by atoms with Crippen LogP contribution in [0.25, 0.3) is 0 Å². The third-order valence-electron chi connectivity index (χ3n) is 2.97. The van der Waals surface area contributed by atoms with Crippen LogP contribution in [0.4, 0.5) is 22.0 Å². The first kappa shape index (κ1) is 22.8. The van der Waals surface area contributed by atoms with Crippen LogP contribution in [-0.4, -0.2) is 56.9 Å². The Labute approximate surface area is 150 Å². The van der Waals surface area contributed by atoms with Crippen molar-refractivity contribution in [1.29, 1.82) is 0 Å². The number of halogens is 5. The fraction of sp³-hybridized carbons (Fsp3) is 0.385. The summed E-state index contributed by atoms with van der Waals surface area (Å²) in [6.07, 6.45) is -10.7. The van der Waals surface area contributed by atoms with Crippen LogP contribution in [0.2, 0.25) is 0 Å². The van der Waals surface area contributed by atoms with Gasteiger partial charge in [0.15, 0.2) is 6.61 Å². The summed E-state index contributed by atoms with van der Waals surface area (Å²) in [6, 6.07) is 5.54. The van der Waals surface area contributed by atoms with Crippen LogP contribution in [0.15, 0.2) is 24.3 Å². The molecule has 2 radical (unpaired) electrons. The number of carbonyl (C=O) groups excluding carboxylic acids is 2. The SMILES string of the molecule is [B]Cc1ccccc1C(=O)OCC(=O)OC(C(F)(F)F)C(F)(F)S(=O)(=O)O. The van der Waals surface area contributed by atoms with Crippen LogP contribution in [0, 0.1) is 0 Å². The lowest BCUT2D eigenvalue weighted by Crippen LogP contribution is -2.52. The molecule has 0 heterocycles. The molecule has 0 aliphatic carbocycles. The number of carbonyl (C=O) groups is 2. The normalized spacial score (nSPS) is 13.7. The van der Waals surface area contributed by atoms with Crippen LogP contribution in [0.5, 0.6) is 0 Å². The number of hydrogen-bond acceptors (Lipinski definition) is 6. The molecule has 7 nitrogen and oxygen atoms in total. The Balaban J connectivity index is 2.88. The van der Waals surface area contributed by atoms with Crippen molar-refractivity contribution in [1.82, 2.24) is 0 Å². The van der Waals surface area contributed by atoms with Crippen molar-refractivity contribution in [2.24, 2.45) is 0 Å². The lowest BCUT2D eigenvalue weighted by atomic mass is 9.93. The molecular weight excluding hydrogens is 406 g/mol. The zero-order valence-corrected chi connectivity index (χ0v) is 13.9. The van der Waals surface area contributed by atoms with Gasteiger partial charge in [-0.3, -0.25) is 4.55 Å². The Bertz CT molecular complexity index is 810. The molecule has 0 aliphatic rings. The fourth-order valence-electron chi connectivity index (χ4n) is 1.73. The van der Waals surface area contributed by atoms with E-state index in [4.69, 9.17) is 12.4 Å². The number of rotatable bonds is 7. The van der Waals surface area contributed by atoms with Gasteiger partial charge in [0.1, 0.15) is 0 Å². The van der Waals surface area contributed by atoms with Crippen LogP contribution < -0.4 is 0 Å². The van der Waals surface area contributed by atoms with Gasteiger partial charge in [-0.05, 0) is 11.6 Å². The number of alkyl halides is 5. The van der Waals surface area contributed by atoms with Crippen LogP contribution in [-0.2, 0) is 30.7 Å². The molecule has 0 aromatic heterocycles. The topological polar surface area (TPSA) is 107 Å². The summed E-state index contributed by atoms with van der Waals surface area (Å²) in [6.45, 7) is -1.54. The van der Waals surface area contributed by atoms with Crippen molar-refractivity contribution in [3.05, 3.63) is 35.4 Å². The summed E-state index contributed by atoms with van der Waals surface area (Å²) in [4.78, 5) is 23.1. The molecule has 1 rings (SSSR count). The van der Waals surface area contributed by atoms with Gasteiger partial charge in [-0.2, -0.15) is 30.4 Å². The van der Waals surface area contributed by atoms with Crippen molar-refractivity contribution in [2.75, 3.05) is 6.61 Å². The number of ether oxygens (including phenoxy) is 2. The quantitative estimate of drug-likeness (QED) is 0.311. The molecule has 1 atom stereocenters. The number of benzene rings is 1. The molecule has 1 aromatic rings. The maximum absolute atomic E-state index is 13.3. The van der Waals surface area contributed by atoms with Gasteiger partial charge >= 0.3 is 33.5 Å². The first-order valence-corrected chi connectivity index (χ1v) is 8.22. The highest BCUT2D eigenvalue weighted by atomic mass is 32.2. The monoisotopic (exact) mass is 416 g/mol. The second-order valence-corrected chi connectivity index (χ2v) is 6.38. The maximum atomic E-state index is 13.3. The van der Waals surface area contributed by atoms with Crippen LogP contribution >= 0.6 is 0 Å². The zero-order chi connectivity index (χ0) is 21.0. The minimum Gasteiger partial charge on any atom is -0.450 e. The summed E-state index contributed by atoms with van der Waals surface area (Å²) in [5, 5.41) is -5.88. The van der Waals surface area contributed by atoms with Crippen molar-refractivity contribution < 1.29 is 54.0 Å². The molecule has 0 saturated heterocycles. The Morgan fingerprint density at radius 1 is 1.15 bits per heavy atom. The summed E-state index contributed by atoms with van der Waals surface area (Å²) in [5.41, 5.74) is 0.130. The molecule has 27 heavy (non-hydrogen) atoms. The first-order valence-electron chi connectivity index (χ1n) is 6.78. The molecule has 1 unspecified atom stereocenters. The summed E-state index contributed by atoms with van der Waals surface area (Å²) in [5.74, 6) is -3.34. The Hall–Kier alpha value is -2.22. The zero-order valence-electron chi connectivity index (χ0n) is 13.1. The summed E-state index contributed by atoms with van der Waals surface area (Å²) >= 11 is 0. The molecule has 0 saturated carbocycles.